The third-order valence-corrected chi connectivity index (χ3v) is 1.75. The van der Waals surface area contributed by atoms with Crippen molar-refractivity contribution in [2.24, 2.45) is 0 Å². The van der Waals surface area contributed by atoms with Crippen LogP contribution >= 0.6 is 0 Å². The summed E-state index contributed by atoms with van der Waals surface area (Å²) in [5.74, 6) is -0.0202. The van der Waals surface area contributed by atoms with E-state index in [1.165, 1.54) is 0 Å². The Bertz CT molecular complexity index is 290. The van der Waals surface area contributed by atoms with Gasteiger partial charge in [-0.05, 0) is 24.1 Å². The molecule has 3 nitrogen and oxygen atoms in total. The number of carbonyl (C=O) groups is 1. The van der Waals surface area contributed by atoms with Crippen molar-refractivity contribution in [2.45, 2.75) is 19.8 Å². The molecule has 1 aromatic rings. The van der Waals surface area contributed by atoms with E-state index in [1.807, 2.05) is 6.92 Å². The summed E-state index contributed by atoms with van der Waals surface area (Å²) in [4.78, 5) is 11.2. The molecule has 0 bridgehead atoms. The van der Waals surface area contributed by atoms with E-state index in [4.69, 9.17) is 9.84 Å². The highest BCUT2D eigenvalue weighted by molar-refractivity contribution is 5.72. The minimum Gasteiger partial charge on any atom is -0.508 e. The van der Waals surface area contributed by atoms with E-state index in [1.54, 1.807) is 24.3 Å². The lowest BCUT2D eigenvalue weighted by Gasteiger charge is -2.02. The molecule has 0 amide bonds. The molecule has 0 spiro atoms. The lowest BCUT2D eigenvalue weighted by Crippen LogP contribution is -2.08. The molecule has 0 aromatic heterocycles. The summed E-state index contributed by atoms with van der Waals surface area (Å²) in [7, 11) is 0. The van der Waals surface area contributed by atoms with Crippen LogP contribution in [0.15, 0.2) is 24.3 Å². The molecular weight excluding hydrogens is 180 g/mol. The topological polar surface area (TPSA) is 46.5 Å². The van der Waals surface area contributed by atoms with Crippen LogP contribution < -0.4 is 0 Å². The molecule has 1 N–H and O–H groups in total. The SMILES string of the molecule is CCCOC(=O)Cc1ccc(O)cc1. The summed E-state index contributed by atoms with van der Waals surface area (Å²) in [5, 5.41) is 9.02. The second-order valence-electron chi connectivity index (χ2n) is 3.06. The van der Waals surface area contributed by atoms with E-state index >= 15 is 0 Å². The van der Waals surface area contributed by atoms with Crippen LogP contribution in [0.4, 0.5) is 0 Å². The van der Waals surface area contributed by atoms with Gasteiger partial charge in [0.25, 0.3) is 0 Å². The summed E-state index contributed by atoms with van der Waals surface area (Å²) < 4.78 is 4.92. The van der Waals surface area contributed by atoms with Gasteiger partial charge >= 0.3 is 5.97 Å². The minimum atomic E-state index is -0.225. The molecule has 0 atom stereocenters. The zero-order valence-corrected chi connectivity index (χ0v) is 8.19. The molecule has 0 heterocycles. The number of benzene rings is 1. The molecule has 0 aliphatic carbocycles. The first-order chi connectivity index (χ1) is 6.72. The van der Waals surface area contributed by atoms with Crippen LogP contribution in [0, 0.1) is 0 Å². The zero-order chi connectivity index (χ0) is 10.4. The van der Waals surface area contributed by atoms with E-state index < -0.39 is 0 Å². The normalized spacial score (nSPS) is 9.79. The van der Waals surface area contributed by atoms with E-state index in [2.05, 4.69) is 0 Å². The number of rotatable bonds is 4. The van der Waals surface area contributed by atoms with Gasteiger partial charge in [0, 0.05) is 0 Å². The average molecular weight is 194 g/mol. The zero-order valence-electron chi connectivity index (χ0n) is 8.19. The average Bonchev–Trinajstić information content (AvgIpc) is 2.18. The lowest BCUT2D eigenvalue weighted by molar-refractivity contribution is -0.142. The van der Waals surface area contributed by atoms with Gasteiger partial charge in [-0.25, -0.2) is 0 Å². The fourth-order valence-electron chi connectivity index (χ4n) is 1.05. The monoisotopic (exact) mass is 194 g/mol. The maximum absolute atomic E-state index is 11.2. The number of ether oxygens (including phenoxy) is 1. The summed E-state index contributed by atoms with van der Waals surface area (Å²) in [6.45, 7) is 2.42. The molecule has 0 saturated carbocycles. The third-order valence-electron chi connectivity index (χ3n) is 1.75. The van der Waals surface area contributed by atoms with Crippen LogP contribution in [0.2, 0.25) is 0 Å². The maximum atomic E-state index is 11.2. The van der Waals surface area contributed by atoms with Crippen molar-refractivity contribution in [3.05, 3.63) is 29.8 Å². The standard InChI is InChI=1S/C11H14O3/c1-2-7-14-11(13)8-9-3-5-10(12)6-4-9/h3-6,12H,2,7-8H2,1H3. The Balaban J connectivity index is 2.44. The first-order valence-electron chi connectivity index (χ1n) is 4.66. The van der Waals surface area contributed by atoms with Gasteiger partial charge < -0.3 is 9.84 Å². The molecule has 76 valence electrons. The van der Waals surface area contributed by atoms with Gasteiger partial charge in [-0.15, -0.1) is 0 Å². The van der Waals surface area contributed by atoms with Crippen LogP contribution in [-0.4, -0.2) is 17.7 Å². The predicted molar refractivity (Wildman–Crippen MR) is 53.1 cm³/mol. The highest BCUT2D eigenvalue weighted by Crippen LogP contribution is 2.10. The molecule has 0 unspecified atom stereocenters. The Kier molecular flexibility index (Phi) is 3.98. The first kappa shape index (κ1) is 10.6. The molecule has 0 saturated heterocycles. The van der Waals surface area contributed by atoms with Crippen molar-refractivity contribution >= 4 is 5.97 Å². The van der Waals surface area contributed by atoms with E-state index in [-0.39, 0.29) is 18.1 Å². The molecule has 1 aromatic carbocycles. The first-order valence-corrected chi connectivity index (χ1v) is 4.66. The summed E-state index contributed by atoms with van der Waals surface area (Å²) in [5.41, 5.74) is 0.851. The van der Waals surface area contributed by atoms with Crippen LogP contribution in [0.3, 0.4) is 0 Å². The summed E-state index contributed by atoms with van der Waals surface area (Å²) >= 11 is 0. The van der Waals surface area contributed by atoms with Crippen molar-refractivity contribution in [1.82, 2.24) is 0 Å². The van der Waals surface area contributed by atoms with Crippen molar-refractivity contribution in [3.63, 3.8) is 0 Å². The van der Waals surface area contributed by atoms with Crippen LogP contribution in [0.25, 0.3) is 0 Å². The van der Waals surface area contributed by atoms with Crippen LogP contribution in [0.5, 0.6) is 5.75 Å². The van der Waals surface area contributed by atoms with Crippen molar-refractivity contribution in [3.8, 4) is 5.75 Å². The summed E-state index contributed by atoms with van der Waals surface area (Å²) in [6, 6.07) is 6.54. The molecule has 1 rings (SSSR count). The summed E-state index contributed by atoms with van der Waals surface area (Å²) in [6.07, 6.45) is 1.10. The second-order valence-corrected chi connectivity index (χ2v) is 3.06. The Morgan fingerprint density at radius 3 is 2.57 bits per heavy atom. The number of phenolic OH excluding ortho intramolecular Hbond substituents is 1. The Labute approximate surface area is 83.3 Å². The number of hydrogen-bond donors (Lipinski definition) is 1. The van der Waals surface area contributed by atoms with E-state index in [0.717, 1.165) is 12.0 Å². The molecule has 0 aliphatic heterocycles. The third kappa shape index (κ3) is 3.47. The van der Waals surface area contributed by atoms with Crippen LogP contribution in [0.1, 0.15) is 18.9 Å². The van der Waals surface area contributed by atoms with Gasteiger partial charge in [-0.1, -0.05) is 19.1 Å². The van der Waals surface area contributed by atoms with Gasteiger partial charge in [0.15, 0.2) is 0 Å². The largest absolute Gasteiger partial charge is 0.508 e. The fourth-order valence-corrected chi connectivity index (χ4v) is 1.05. The Morgan fingerprint density at radius 2 is 2.00 bits per heavy atom. The fraction of sp³-hybridized carbons (Fsp3) is 0.364. The quantitative estimate of drug-likeness (QED) is 0.744. The molecule has 14 heavy (non-hydrogen) atoms. The molecule has 0 aliphatic rings. The Hall–Kier alpha value is -1.51. The van der Waals surface area contributed by atoms with Crippen LogP contribution in [-0.2, 0) is 16.0 Å². The van der Waals surface area contributed by atoms with E-state index in [0.29, 0.717) is 6.61 Å². The van der Waals surface area contributed by atoms with Crippen molar-refractivity contribution in [1.29, 1.82) is 0 Å². The maximum Gasteiger partial charge on any atom is 0.310 e. The number of aromatic hydroxyl groups is 1. The predicted octanol–water partition coefficient (Wildman–Crippen LogP) is 1.89. The van der Waals surface area contributed by atoms with Gasteiger partial charge in [0.1, 0.15) is 5.75 Å². The van der Waals surface area contributed by atoms with Gasteiger partial charge in [0.2, 0.25) is 0 Å². The molecule has 0 fully saturated rings. The van der Waals surface area contributed by atoms with Gasteiger partial charge in [-0.3, -0.25) is 4.79 Å². The number of hydrogen-bond acceptors (Lipinski definition) is 3. The van der Waals surface area contributed by atoms with Gasteiger partial charge in [0.05, 0.1) is 13.0 Å². The minimum absolute atomic E-state index is 0.204. The highest BCUT2D eigenvalue weighted by atomic mass is 16.5. The molecule has 0 radical (unpaired) electrons. The second kappa shape index (κ2) is 5.27. The highest BCUT2D eigenvalue weighted by Gasteiger charge is 2.03. The number of esters is 1. The van der Waals surface area contributed by atoms with Crippen molar-refractivity contribution in [2.75, 3.05) is 6.61 Å². The smallest absolute Gasteiger partial charge is 0.310 e. The van der Waals surface area contributed by atoms with Crippen molar-refractivity contribution < 1.29 is 14.6 Å². The Morgan fingerprint density at radius 1 is 1.36 bits per heavy atom. The molecule has 3 heteroatoms. The number of carbonyl (C=O) groups excluding carboxylic acids is 1. The van der Waals surface area contributed by atoms with E-state index in [9.17, 15) is 4.79 Å². The molecular formula is C11H14O3. The lowest BCUT2D eigenvalue weighted by atomic mass is 10.1. The number of phenols is 1. The van der Waals surface area contributed by atoms with Gasteiger partial charge in [-0.2, -0.15) is 0 Å².